The minimum Gasteiger partial charge on any atom is -0.392 e. The molecule has 0 radical (unpaired) electrons. The number of fused-ring (bicyclic) bond motifs is 2. The smallest absolute Gasteiger partial charge is 0.392 e. The number of allylic oxidation sites excluding steroid dienone is 3. The van der Waals surface area contributed by atoms with Gasteiger partial charge in [-0.05, 0) is 33.3 Å². The van der Waals surface area contributed by atoms with Gasteiger partial charge in [-0.3, -0.25) is 4.55 Å². The summed E-state index contributed by atoms with van der Waals surface area (Å²) in [6.07, 6.45) is 1.69. The normalized spacial score (nSPS) is 19.9. The standard InChI is InChI=1S/C14H17BF2N2O3S/c1-7-6-8(2)18-12(7)9(3)13-10(4)14(23(20,21)22)11(5)19(13)15(18,16)17/h6H,1-5H3,(H,20,21,22). The molecule has 0 fully saturated rings. The Morgan fingerprint density at radius 3 is 2.26 bits per heavy atom. The maximum Gasteiger partial charge on any atom is 0.737 e. The lowest BCUT2D eigenvalue weighted by atomic mass is 9.86. The Bertz CT molecular complexity index is 969. The Morgan fingerprint density at radius 1 is 1.17 bits per heavy atom. The van der Waals surface area contributed by atoms with Crippen LogP contribution in [0.1, 0.15) is 37.7 Å². The lowest BCUT2D eigenvalue weighted by Crippen LogP contribution is -2.51. The molecular weight excluding hydrogens is 325 g/mol. The Hall–Kier alpha value is -1.74. The zero-order chi connectivity index (χ0) is 17.5. The number of rotatable bonds is 1. The van der Waals surface area contributed by atoms with Crippen molar-refractivity contribution in [2.75, 3.05) is 0 Å². The number of hydrogen-bond acceptors (Lipinski definition) is 2. The summed E-state index contributed by atoms with van der Waals surface area (Å²) >= 11 is 0. The minimum absolute atomic E-state index is 0.147. The van der Waals surface area contributed by atoms with Crippen molar-refractivity contribution in [1.82, 2.24) is 4.48 Å². The number of aromatic nitrogens is 1. The third kappa shape index (κ3) is 1.86. The van der Waals surface area contributed by atoms with Gasteiger partial charge in [-0.15, -0.1) is 0 Å². The molecule has 3 rings (SSSR count). The van der Waals surface area contributed by atoms with Crippen LogP contribution in [0.5, 0.6) is 0 Å². The fourth-order valence-corrected chi connectivity index (χ4v) is 4.94. The lowest BCUT2D eigenvalue weighted by Gasteiger charge is -2.32. The van der Waals surface area contributed by atoms with E-state index in [1.165, 1.54) is 13.8 Å². The molecule has 0 aromatic carbocycles. The molecule has 0 unspecified atom stereocenters. The summed E-state index contributed by atoms with van der Waals surface area (Å²) in [6, 6.07) is 0. The Kier molecular flexibility index (Phi) is 3.10. The summed E-state index contributed by atoms with van der Waals surface area (Å²) < 4.78 is 64.8. The highest BCUT2D eigenvalue weighted by atomic mass is 32.2. The molecule has 23 heavy (non-hydrogen) atoms. The molecule has 2 aliphatic rings. The molecule has 1 aromatic heterocycles. The first-order valence-corrected chi connectivity index (χ1v) is 8.58. The second kappa shape index (κ2) is 4.42. The van der Waals surface area contributed by atoms with E-state index in [-0.39, 0.29) is 17.0 Å². The third-order valence-electron chi connectivity index (χ3n) is 4.64. The first-order valence-electron chi connectivity index (χ1n) is 7.14. The first kappa shape index (κ1) is 16.1. The SMILES string of the molecule is CC1=CC(C)=[N+]2C1=C(C)c1c(C)c(S(=O)(=O)O)c(C)n1[B-]2(F)F. The molecule has 5 nitrogen and oxygen atoms in total. The molecule has 0 saturated heterocycles. The van der Waals surface area contributed by atoms with Gasteiger partial charge in [-0.25, -0.2) is 0 Å². The third-order valence-corrected chi connectivity index (χ3v) is 5.75. The molecule has 0 spiro atoms. The lowest BCUT2D eigenvalue weighted by molar-refractivity contribution is -0.363. The van der Waals surface area contributed by atoms with Crippen LogP contribution in [-0.2, 0) is 10.1 Å². The van der Waals surface area contributed by atoms with E-state index >= 15 is 8.63 Å². The molecule has 0 amide bonds. The van der Waals surface area contributed by atoms with Gasteiger partial charge in [0.2, 0.25) is 0 Å². The summed E-state index contributed by atoms with van der Waals surface area (Å²) in [7, 11) is -4.59. The van der Waals surface area contributed by atoms with E-state index in [0.717, 1.165) is 8.96 Å². The molecule has 1 N–H and O–H groups in total. The average molecular weight is 342 g/mol. The van der Waals surface area contributed by atoms with Gasteiger partial charge in [-0.2, -0.15) is 8.42 Å². The summed E-state index contributed by atoms with van der Waals surface area (Å²) in [5.74, 6) is 0. The van der Waals surface area contributed by atoms with E-state index in [4.69, 9.17) is 0 Å². The summed E-state index contributed by atoms with van der Waals surface area (Å²) in [6.45, 7) is 3.53. The highest BCUT2D eigenvalue weighted by molar-refractivity contribution is 7.86. The van der Waals surface area contributed by atoms with Gasteiger partial charge in [0.15, 0.2) is 5.70 Å². The molecular formula is C14H17BF2N2O3S. The maximum atomic E-state index is 15.2. The van der Waals surface area contributed by atoms with E-state index in [0.29, 0.717) is 22.6 Å². The van der Waals surface area contributed by atoms with E-state index < -0.39 is 22.0 Å². The Labute approximate surface area is 133 Å². The van der Waals surface area contributed by atoms with Crippen LogP contribution in [0.3, 0.4) is 0 Å². The van der Waals surface area contributed by atoms with Gasteiger partial charge in [0, 0.05) is 35.5 Å². The highest BCUT2D eigenvalue weighted by Gasteiger charge is 2.55. The second-order valence-corrected chi connectivity index (χ2v) is 7.49. The largest absolute Gasteiger partial charge is 0.737 e. The predicted octanol–water partition coefficient (Wildman–Crippen LogP) is 2.75. The van der Waals surface area contributed by atoms with Crippen molar-refractivity contribution in [2.24, 2.45) is 0 Å². The van der Waals surface area contributed by atoms with E-state index in [1.54, 1.807) is 26.8 Å². The molecule has 0 saturated carbocycles. The van der Waals surface area contributed by atoms with Crippen LogP contribution in [0.15, 0.2) is 22.2 Å². The highest BCUT2D eigenvalue weighted by Crippen LogP contribution is 2.43. The van der Waals surface area contributed by atoms with Crippen molar-refractivity contribution in [3.05, 3.63) is 34.3 Å². The first-order chi connectivity index (χ1) is 10.4. The van der Waals surface area contributed by atoms with Gasteiger partial charge < -0.3 is 17.6 Å². The van der Waals surface area contributed by atoms with Crippen molar-refractivity contribution in [1.29, 1.82) is 0 Å². The van der Waals surface area contributed by atoms with Crippen LogP contribution in [0.25, 0.3) is 5.57 Å². The van der Waals surface area contributed by atoms with Crippen LogP contribution in [0.2, 0.25) is 0 Å². The van der Waals surface area contributed by atoms with Crippen molar-refractivity contribution >= 4 is 28.4 Å². The van der Waals surface area contributed by atoms with Crippen LogP contribution in [0.4, 0.5) is 8.63 Å². The molecule has 124 valence electrons. The van der Waals surface area contributed by atoms with Crippen molar-refractivity contribution < 1.29 is 26.1 Å². The van der Waals surface area contributed by atoms with Gasteiger partial charge in [0.05, 0.1) is 0 Å². The molecule has 9 heteroatoms. The van der Waals surface area contributed by atoms with Crippen molar-refractivity contribution in [2.45, 2.75) is 39.5 Å². The van der Waals surface area contributed by atoms with Crippen LogP contribution in [0, 0.1) is 13.8 Å². The van der Waals surface area contributed by atoms with Crippen molar-refractivity contribution in [3.8, 4) is 0 Å². The van der Waals surface area contributed by atoms with Crippen molar-refractivity contribution in [3.63, 3.8) is 0 Å². The monoisotopic (exact) mass is 342 g/mol. The quantitative estimate of drug-likeness (QED) is 0.631. The van der Waals surface area contributed by atoms with Crippen LogP contribution < -0.4 is 0 Å². The molecule has 0 bridgehead atoms. The van der Waals surface area contributed by atoms with Gasteiger partial charge in [-0.1, -0.05) is 0 Å². The molecule has 0 atom stereocenters. The molecule has 1 aromatic rings. The second-order valence-electron chi connectivity index (χ2n) is 6.13. The molecule has 2 aliphatic heterocycles. The zero-order valence-corrected chi connectivity index (χ0v) is 14.3. The Balaban J connectivity index is 2.54. The van der Waals surface area contributed by atoms with Gasteiger partial charge in [0.1, 0.15) is 10.6 Å². The van der Waals surface area contributed by atoms with E-state index in [1.807, 2.05) is 0 Å². The molecule has 3 heterocycles. The summed E-state index contributed by atoms with van der Waals surface area (Å²) in [4.78, 5) is -0.436. The van der Waals surface area contributed by atoms with Crippen LogP contribution >= 0.6 is 0 Å². The number of hydrogen-bond donors (Lipinski definition) is 1. The van der Waals surface area contributed by atoms with E-state index in [2.05, 4.69) is 0 Å². The van der Waals surface area contributed by atoms with Gasteiger partial charge in [0.25, 0.3) is 10.1 Å². The number of nitrogens with zero attached hydrogens (tertiary/aromatic N) is 2. The molecule has 0 aliphatic carbocycles. The minimum atomic E-state index is -4.59. The average Bonchev–Trinajstić information content (AvgIpc) is 2.81. The number of halogens is 2. The fraction of sp³-hybridized carbons (Fsp3) is 0.357. The zero-order valence-electron chi connectivity index (χ0n) is 13.5. The van der Waals surface area contributed by atoms with Crippen LogP contribution in [-0.4, -0.2) is 34.6 Å². The summed E-state index contributed by atoms with van der Waals surface area (Å²) in [5.41, 5.74) is 2.25. The fourth-order valence-electron chi connectivity index (χ4n) is 3.99. The Morgan fingerprint density at radius 2 is 1.74 bits per heavy atom. The van der Waals surface area contributed by atoms with Gasteiger partial charge >= 0.3 is 6.97 Å². The predicted molar refractivity (Wildman–Crippen MR) is 84.4 cm³/mol. The topological polar surface area (TPSA) is 62.3 Å². The van der Waals surface area contributed by atoms with E-state index in [9.17, 15) is 13.0 Å². The maximum absolute atomic E-state index is 15.2. The summed E-state index contributed by atoms with van der Waals surface area (Å²) in [5, 5.41) is 0.